The number of hydrogen-bond donors (Lipinski definition) is 2. The van der Waals surface area contributed by atoms with Crippen molar-refractivity contribution in [3.8, 4) is 0 Å². The van der Waals surface area contributed by atoms with E-state index in [4.69, 9.17) is 0 Å². The zero-order valence-electron chi connectivity index (χ0n) is 21.7. The number of sulfonamides is 1. The Morgan fingerprint density at radius 2 is 1.54 bits per heavy atom. The molecule has 0 unspecified atom stereocenters. The molecule has 0 spiro atoms. The molecule has 3 aromatic carbocycles. The fourth-order valence-electron chi connectivity index (χ4n) is 4.65. The normalized spacial score (nSPS) is 14.8. The second-order valence-corrected chi connectivity index (χ2v) is 11.6. The van der Waals surface area contributed by atoms with Gasteiger partial charge < -0.3 is 10.6 Å². The molecule has 1 fully saturated rings. The van der Waals surface area contributed by atoms with E-state index in [0.29, 0.717) is 23.1 Å². The Balaban J connectivity index is 1.18. The van der Waals surface area contributed by atoms with Crippen molar-refractivity contribution in [3.63, 3.8) is 0 Å². The van der Waals surface area contributed by atoms with Gasteiger partial charge in [0.1, 0.15) is 11.6 Å². The van der Waals surface area contributed by atoms with Crippen LogP contribution in [-0.4, -0.2) is 53.8 Å². The zero-order valence-corrected chi connectivity index (χ0v) is 22.5. The first-order valence-electron chi connectivity index (χ1n) is 12.8. The number of likely N-dealkylation sites (tertiary alicyclic amines) is 1. The van der Waals surface area contributed by atoms with Gasteiger partial charge in [0, 0.05) is 50.3 Å². The van der Waals surface area contributed by atoms with Gasteiger partial charge in [0.25, 0.3) is 0 Å². The second-order valence-electron chi connectivity index (χ2n) is 9.56. The van der Waals surface area contributed by atoms with Gasteiger partial charge >= 0.3 is 0 Å². The van der Waals surface area contributed by atoms with Gasteiger partial charge in [-0.2, -0.15) is 9.29 Å². The lowest BCUT2D eigenvalue weighted by atomic mass is 10.0. The maximum Gasteiger partial charge on any atom is 0.243 e. The van der Waals surface area contributed by atoms with E-state index >= 15 is 0 Å². The van der Waals surface area contributed by atoms with E-state index in [1.807, 2.05) is 18.2 Å². The molecule has 2 heterocycles. The Morgan fingerprint density at radius 1 is 0.897 bits per heavy atom. The summed E-state index contributed by atoms with van der Waals surface area (Å²) >= 11 is 0. The van der Waals surface area contributed by atoms with E-state index < -0.39 is 10.0 Å². The van der Waals surface area contributed by atoms with E-state index in [0.717, 1.165) is 32.5 Å². The first kappa shape index (κ1) is 26.7. The molecule has 202 valence electrons. The molecule has 2 N–H and O–H groups in total. The van der Waals surface area contributed by atoms with Crippen molar-refractivity contribution < 1.29 is 12.8 Å². The van der Waals surface area contributed by atoms with Crippen LogP contribution in [0.15, 0.2) is 96.0 Å². The maximum absolute atomic E-state index is 13.3. The summed E-state index contributed by atoms with van der Waals surface area (Å²) in [5.74, 6) is 0.568. The molecule has 1 aliphatic heterocycles. The molecule has 0 saturated carbocycles. The molecule has 39 heavy (non-hydrogen) atoms. The van der Waals surface area contributed by atoms with E-state index in [1.165, 1.54) is 22.0 Å². The van der Waals surface area contributed by atoms with Gasteiger partial charge in [0.2, 0.25) is 16.0 Å². The smallest absolute Gasteiger partial charge is 0.243 e. The Morgan fingerprint density at radius 3 is 2.23 bits per heavy atom. The molecule has 1 aromatic heterocycles. The highest BCUT2D eigenvalue weighted by atomic mass is 32.2. The van der Waals surface area contributed by atoms with E-state index in [1.54, 1.807) is 55.7 Å². The number of nitrogens with zero attached hydrogens (tertiary/aromatic N) is 4. The van der Waals surface area contributed by atoms with Crippen LogP contribution >= 0.6 is 0 Å². The molecular weight excluding hydrogens is 515 g/mol. The first-order chi connectivity index (χ1) is 18.9. The molecule has 0 bridgehead atoms. The molecule has 10 heteroatoms. The minimum absolute atomic E-state index is 0.0374. The van der Waals surface area contributed by atoms with Crippen molar-refractivity contribution in [3.05, 3.63) is 103 Å². The SMILES string of the molecule is CN(C1CCN(Cc2ccccc2)CC1)S(=O)(=O)c1ccc(Nc2nccc(Nc3ccc(F)cc3)n2)cc1. The van der Waals surface area contributed by atoms with Gasteiger partial charge in [-0.05, 0) is 73.0 Å². The topological polar surface area (TPSA) is 90.5 Å². The first-order valence-corrected chi connectivity index (χ1v) is 14.3. The highest BCUT2D eigenvalue weighted by molar-refractivity contribution is 7.89. The lowest BCUT2D eigenvalue weighted by Gasteiger charge is -2.36. The summed E-state index contributed by atoms with van der Waals surface area (Å²) in [4.78, 5) is 11.3. The van der Waals surface area contributed by atoms with Crippen molar-refractivity contribution >= 4 is 33.2 Å². The van der Waals surface area contributed by atoms with Gasteiger partial charge in [-0.15, -0.1) is 0 Å². The number of benzene rings is 3. The average Bonchev–Trinajstić information content (AvgIpc) is 2.95. The number of aromatic nitrogens is 2. The maximum atomic E-state index is 13.3. The summed E-state index contributed by atoms with van der Waals surface area (Å²) in [7, 11) is -1.96. The number of nitrogens with one attached hydrogen (secondary N) is 2. The molecule has 0 atom stereocenters. The lowest BCUT2D eigenvalue weighted by Crippen LogP contribution is -2.45. The Bertz CT molecular complexity index is 1480. The number of rotatable bonds is 9. The standard InChI is InChI=1S/C29H31FN6O2S/c1-35(26-16-19-36(20-17-26)21-22-5-3-2-4-6-22)39(37,38)27-13-11-25(12-14-27)33-29-31-18-15-28(34-29)32-24-9-7-23(30)8-10-24/h2-15,18,26H,16-17,19-21H2,1H3,(H2,31,32,33,34). The predicted molar refractivity (Wildman–Crippen MR) is 151 cm³/mol. The summed E-state index contributed by atoms with van der Waals surface area (Å²) in [5, 5.41) is 6.20. The van der Waals surface area contributed by atoms with Crippen molar-refractivity contribution in [1.82, 2.24) is 19.2 Å². The molecule has 1 aliphatic rings. The minimum atomic E-state index is -3.63. The minimum Gasteiger partial charge on any atom is -0.340 e. The highest BCUT2D eigenvalue weighted by Crippen LogP contribution is 2.25. The van der Waals surface area contributed by atoms with E-state index in [2.05, 4.69) is 37.6 Å². The van der Waals surface area contributed by atoms with Crippen molar-refractivity contribution in [2.75, 3.05) is 30.8 Å². The molecule has 1 saturated heterocycles. The van der Waals surface area contributed by atoms with Crippen molar-refractivity contribution in [2.45, 2.75) is 30.3 Å². The summed E-state index contributed by atoms with van der Waals surface area (Å²) in [6, 6.07) is 24.6. The third kappa shape index (κ3) is 6.78. The molecule has 4 aromatic rings. The fourth-order valence-corrected chi connectivity index (χ4v) is 6.07. The van der Waals surface area contributed by atoms with Gasteiger partial charge in [0.05, 0.1) is 4.90 Å². The van der Waals surface area contributed by atoms with Crippen LogP contribution in [0.4, 0.5) is 27.5 Å². The van der Waals surface area contributed by atoms with Gasteiger partial charge in [0.15, 0.2) is 0 Å². The lowest BCUT2D eigenvalue weighted by molar-refractivity contribution is 0.164. The van der Waals surface area contributed by atoms with Crippen LogP contribution in [0.25, 0.3) is 0 Å². The van der Waals surface area contributed by atoms with Crippen LogP contribution in [0, 0.1) is 5.82 Å². The quantitative estimate of drug-likeness (QED) is 0.291. The third-order valence-corrected chi connectivity index (χ3v) is 8.80. The monoisotopic (exact) mass is 546 g/mol. The summed E-state index contributed by atoms with van der Waals surface area (Å²) < 4.78 is 41.4. The summed E-state index contributed by atoms with van der Waals surface area (Å²) in [6.07, 6.45) is 3.18. The van der Waals surface area contributed by atoms with Crippen LogP contribution in [0.1, 0.15) is 18.4 Å². The molecule has 0 aliphatic carbocycles. The fraction of sp³-hybridized carbons (Fsp3) is 0.241. The Kier molecular flexibility index (Phi) is 8.16. The summed E-state index contributed by atoms with van der Waals surface area (Å²) in [6.45, 7) is 2.60. The summed E-state index contributed by atoms with van der Waals surface area (Å²) in [5.41, 5.74) is 2.62. The predicted octanol–water partition coefficient (Wildman–Crippen LogP) is 5.39. The number of halogens is 1. The number of piperidine rings is 1. The highest BCUT2D eigenvalue weighted by Gasteiger charge is 2.30. The number of hydrogen-bond acceptors (Lipinski definition) is 7. The third-order valence-electron chi connectivity index (χ3n) is 6.88. The molecule has 5 rings (SSSR count). The molecular formula is C29H31FN6O2S. The molecule has 0 radical (unpaired) electrons. The van der Waals surface area contributed by atoms with Crippen LogP contribution in [0.2, 0.25) is 0 Å². The van der Waals surface area contributed by atoms with Crippen LogP contribution in [0.5, 0.6) is 0 Å². The average molecular weight is 547 g/mol. The number of anilines is 4. The van der Waals surface area contributed by atoms with Crippen LogP contribution < -0.4 is 10.6 Å². The van der Waals surface area contributed by atoms with Gasteiger partial charge in [-0.1, -0.05) is 30.3 Å². The second kappa shape index (κ2) is 11.9. The van der Waals surface area contributed by atoms with E-state index in [-0.39, 0.29) is 16.8 Å². The Labute approximate surface area is 228 Å². The Hall–Kier alpha value is -3.86. The molecule has 0 amide bonds. The largest absolute Gasteiger partial charge is 0.340 e. The van der Waals surface area contributed by atoms with E-state index in [9.17, 15) is 12.8 Å². The van der Waals surface area contributed by atoms with Crippen molar-refractivity contribution in [1.29, 1.82) is 0 Å². The van der Waals surface area contributed by atoms with Gasteiger partial charge in [-0.25, -0.2) is 17.8 Å². The molecule has 8 nitrogen and oxygen atoms in total. The zero-order chi connectivity index (χ0) is 27.2. The van der Waals surface area contributed by atoms with Gasteiger partial charge in [-0.3, -0.25) is 4.90 Å². The van der Waals surface area contributed by atoms with Crippen molar-refractivity contribution in [2.24, 2.45) is 0 Å². The van der Waals surface area contributed by atoms with Crippen LogP contribution in [-0.2, 0) is 16.6 Å². The van der Waals surface area contributed by atoms with Crippen LogP contribution in [0.3, 0.4) is 0 Å².